The highest BCUT2D eigenvalue weighted by Gasteiger charge is 2.61. The van der Waals surface area contributed by atoms with Gasteiger partial charge in [-0.25, -0.2) is 4.79 Å². The number of unbranched alkanes of at least 4 members (excludes halogenated alkanes) is 3. The van der Waals surface area contributed by atoms with Crippen molar-refractivity contribution in [2.45, 2.75) is 68.7 Å². The average Bonchev–Trinajstić information content (AvgIpc) is 3.33. The summed E-state index contributed by atoms with van der Waals surface area (Å²) in [6.45, 7) is 7.29. The SMILES string of the molecule is [B]C(=O)N[C@@H](CCCCCC=C)C(=O)N1C[C@@H](O)C[C@H]1C(=O)N[C@]1(C(=O)OC)C[C@H]1C=C. The van der Waals surface area contributed by atoms with Crippen molar-refractivity contribution in [3.8, 4) is 0 Å². The quantitative estimate of drug-likeness (QED) is 0.175. The van der Waals surface area contributed by atoms with Crippen LogP contribution < -0.4 is 10.6 Å². The number of carbonyl (C=O) groups is 4. The number of carbonyl (C=O) groups excluding carboxylic acids is 4. The lowest BCUT2D eigenvalue weighted by Gasteiger charge is -2.29. The molecule has 10 heteroatoms. The molecular formula is C22H32BN3O6. The number of aliphatic hydroxyl groups excluding tert-OH is 1. The number of hydrogen-bond donors (Lipinski definition) is 3. The van der Waals surface area contributed by atoms with Crippen LogP contribution in [0.15, 0.2) is 25.3 Å². The van der Waals surface area contributed by atoms with E-state index in [1.54, 1.807) is 6.08 Å². The van der Waals surface area contributed by atoms with E-state index in [2.05, 4.69) is 23.8 Å². The van der Waals surface area contributed by atoms with Crippen molar-refractivity contribution in [1.82, 2.24) is 15.5 Å². The molecule has 3 amide bonds. The number of amides is 3. The first-order valence-corrected chi connectivity index (χ1v) is 10.9. The van der Waals surface area contributed by atoms with Gasteiger partial charge in [0.1, 0.15) is 17.6 Å². The maximum atomic E-state index is 13.2. The molecule has 2 fully saturated rings. The third kappa shape index (κ3) is 6.00. The summed E-state index contributed by atoms with van der Waals surface area (Å²) < 4.78 is 4.82. The summed E-state index contributed by atoms with van der Waals surface area (Å²) in [7, 11) is 6.49. The second-order valence-corrected chi connectivity index (χ2v) is 8.38. The van der Waals surface area contributed by atoms with E-state index in [-0.39, 0.29) is 18.9 Å². The summed E-state index contributed by atoms with van der Waals surface area (Å²) in [6, 6.07) is -1.89. The van der Waals surface area contributed by atoms with E-state index in [0.29, 0.717) is 19.3 Å². The maximum absolute atomic E-state index is 13.2. The Labute approximate surface area is 190 Å². The minimum Gasteiger partial charge on any atom is -0.467 e. The molecule has 174 valence electrons. The van der Waals surface area contributed by atoms with Gasteiger partial charge in [-0.15, -0.1) is 13.2 Å². The Bertz CT molecular complexity index is 760. The molecule has 3 N–H and O–H groups in total. The number of esters is 1. The Kier molecular flexibility index (Phi) is 9.06. The first kappa shape index (κ1) is 25.6. The third-order valence-corrected chi connectivity index (χ3v) is 6.08. The van der Waals surface area contributed by atoms with Crippen molar-refractivity contribution in [3.63, 3.8) is 0 Å². The number of methoxy groups -OCH3 is 1. The lowest BCUT2D eigenvalue weighted by molar-refractivity contribution is -0.148. The fourth-order valence-electron chi connectivity index (χ4n) is 4.24. The van der Waals surface area contributed by atoms with Crippen LogP contribution in [0, 0.1) is 5.92 Å². The highest BCUT2D eigenvalue weighted by molar-refractivity contribution is 6.57. The van der Waals surface area contributed by atoms with Crippen molar-refractivity contribution in [1.29, 1.82) is 0 Å². The molecule has 1 heterocycles. The number of β-amino-alcohol motifs (C(OH)–C–C–N with tert-alkyl or cyclic N) is 1. The number of hydrogen-bond acceptors (Lipinski definition) is 6. The molecule has 0 unspecified atom stereocenters. The monoisotopic (exact) mass is 445 g/mol. The fraction of sp³-hybridized carbons (Fsp3) is 0.636. The van der Waals surface area contributed by atoms with E-state index in [0.717, 1.165) is 19.3 Å². The second-order valence-electron chi connectivity index (χ2n) is 8.38. The van der Waals surface area contributed by atoms with Crippen LogP contribution >= 0.6 is 0 Å². The van der Waals surface area contributed by atoms with Gasteiger partial charge in [0.15, 0.2) is 5.81 Å². The number of rotatable bonds is 12. The molecule has 0 aromatic rings. The van der Waals surface area contributed by atoms with Crippen LogP contribution in [-0.2, 0) is 19.1 Å². The Morgan fingerprint density at radius 2 is 2.00 bits per heavy atom. The molecule has 1 aliphatic heterocycles. The van der Waals surface area contributed by atoms with Gasteiger partial charge in [0.25, 0.3) is 0 Å². The highest BCUT2D eigenvalue weighted by atomic mass is 16.5. The molecule has 0 spiro atoms. The van der Waals surface area contributed by atoms with E-state index >= 15 is 0 Å². The molecule has 0 aromatic carbocycles. The predicted octanol–water partition coefficient (Wildman–Crippen LogP) is 0.565. The van der Waals surface area contributed by atoms with Gasteiger partial charge in [0.05, 0.1) is 13.2 Å². The number of nitrogens with zero attached hydrogens (tertiary/aromatic N) is 1. The minimum atomic E-state index is -1.20. The van der Waals surface area contributed by atoms with E-state index < -0.39 is 47.3 Å². The van der Waals surface area contributed by atoms with Gasteiger partial charge < -0.3 is 25.4 Å². The van der Waals surface area contributed by atoms with Crippen LogP contribution in [0.4, 0.5) is 4.79 Å². The van der Waals surface area contributed by atoms with Crippen LogP contribution in [0.2, 0.25) is 0 Å². The Morgan fingerprint density at radius 1 is 1.28 bits per heavy atom. The summed E-state index contributed by atoms with van der Waals surface area (Å²) in [6.07, 6.45) is 6.50. The van der Waals surface area contributed by atoms with Crippen LogP contribution in [0.1, 0.15) is 44.9 Å². The molecule has 0 aromatic heterocycles. The molecule has 2 rings (SSSR count). The molecule has 9 nitrogen and oxygen atoms in total. The number of nitrogens with one attached hydrogen (secondary N) is 2. The zero-order chi connectivity index (χ0) is 23.9. The first-order chi connectivity index (χ1) is 15.2. The maximum Gasteiger partial charge on any atom is 0.332 e. The molecule has 32 heavy (non-hydrogen) atoms. The summed E-state index contributed by atoms with van der Waals surface area (Å²) in [5.74, 6) is -2.75. The number of aliphatic hydroxyl groups is 1. The summed E-state index contributed by atoms with van der Waals surface area (Å²) >= 11 is 0. The number of likely N-dealkylation sites (tertiary alicyclic amines) is 1. The van der Waals surface area contributed by atoms with Crippen LogP contribution in [-0.4, -0.2) is 78.8 Å². The van der Waals surface area contributed by atoms with E-state index in [9.17, 15) is 24.3 Å². The standard InChI is InChI=1S/C22H32BN3O6/c1-4-6-7-8-9-10-16(24-21(23)31)19(29)26-13-15(27)11-17(26)18(28)25-22(20(30)32-3)12-14(22)5-2/h4-5,14-17,27H,1-2,6-13H2,3H3,(H,24,31)(H,25,28)/t14-,15+,16+,17+,22-/m1/s1. The highest BCUT2D eigenvalue weighted by Crippen LogP contribution is 2.45. The summed E-state index contributed by atoms with van der Waals surface area (Å²) in [5.41, 5.74) is -1.20. The lowest BCUT2D eigenvalue weighted by atomic mass is 10.0. The van der Waals surface area contributed by atoms with E-state index in [4.69, 9.17) is 12.6 Å². The zero-order valence-corrected chi connectivity index (χ0v) is 18.5. The van der Waals surface area contributed by atoms with Gasteiger partial charge in [-0.05, 0) is 25.7 Å². The van der Waals surface area contributed by atoms with Crippen LogP contribution in [0.5, 0.6) is 0 Å². The van der Waals surface area contributed by atoms with Gasteiger partial charge in [-0.2, -0.15) is 0 Å². The topological polar surface area (TPSA) is 125 Å². The van der Waals surface area contributed by atoms with Gasteiger partial charge >= 0.3 is 5.97 Å². The van der Waals surface area contributed by atoms with Crippen LogP contribution in [0.25, 0.3) is 0 Å². The predicted molar refractivity (Wildman–Crippen MR) is 119 cm³/mol. The average molecular weight is 445 g/mol. The smallest absolute Gasteiger partial charge is 0.332 e. The molecule has 1 saturated carbocycles. The van der Waals surface area contributed by atoms with Gasteiger partial charge in [0.2, 0.25) is 19.7 Å². The fourth-order valence-corrected chi connectivity index (χ4v) is 4.24. The molecule has 1 saturated heterocycles. The Hall–Kier alpha value is -2.62. The third-order valence-electron chi connectivity index (χ3n) is 6.08. The van der Waals surface area contributed by atoms with Gasteiger partial charge in [-0.1, -0.05) is 25.0 Å². The normalized spacial score (nSPS) is 27.2. The first-order valence-electron chi connectivity index (χ1n) is 10.9. The molecular weight excluding hydrogens is 413 g/mol. The number of ether oxygens (including phenoxy) is 1. The summed E-state index contributed by atoms with van der Waals surface area (Å²) in [5, 5.41) is 15.3. The van der Waals surface area contributed by atoms with Crippen molar-refractivity contribution in [2.75, 3.05) is 13.7 Å². The second kappa shape index (κ2) is 11.3. The molecule has 2 aliphatic rings. The van der Waals surface area contributed by atoms with Crippen molar-refractivity contribution in [3.05, 3.63) is 25.3 Å². The zero-order valence-electron chi connectivity index (χ0n) is 18.5. The van der Waals surface area contributed by atoms with Crippen molar-refractivity contribution in [2.24, 2.45) is 5.92 Å². The Balaban J connectivity index is 2.10. The van der Waals surface area contributed by atoms with Crippen molar-refractivity contribution >= 4 is 31.4 Å². The molecule has 1 aliphatic carbocycles. The lowest BCUT2D eigenvalue weighted by Crippen LogP contribution is -2.56. The minimum absolute atomic E-state index is 0.0240. The summed E-state index contributed by atoms with van der Waals surface area (Å²) in [4.78, 5) is 51.2. The Morgan fingerprint density at radius 3 is 2.56 bits per heavy atom. The largest absolute Gasteiger partial charge is 0.467 e. The van der Waals surface area contributed by atoms with Gasteiger partial charge in [-0.3, -0.25) is 14.4 Å². The molecule has 2 radical (unpaired) electrons. The van der Waals surface area contributed by atoms with E-state index in [1.807, 2.05) is 6.08 Å². The number of allylic oxidation sites excluding steroid dienone is 1. The van der Waals surface area contributed by atoms with Gasteiger partial charge in [0, 0.05) is 18.9 Å². The van der Waals surface area contributed by atoms with Crippen LogP contribution in [0.3, 0.4) is 0 Å². The van der Waals surface area contributed by atoms with Crippen molar-refractivity contribution < 1.29 is 29.0 Å². The molecule has 5 atom stereocenters. The molecule has 0 bridgehead atoms. The van der Waals surface area contributed by atoms with E-state index in [1.165, 1.54) is 12.0 Å².